The summed E-state index contributed by atoms with van der Waals surface area (Å²) >= 11 is 0. The Bertz CT molecular complexity index is 605. The first-order chi connectivity index (χ1) is 9.04. The molecule has 0 aliphatic carbocycles. The zero-order valence-electron chi connectivity index (χ0n) is 11.4. The number of carbonyl (C=O) groups is 1. The number of anilines is 1. The average molecular weight is 255 g/mol. The fraction of sp³-hybridized carbons (Fsp3) is 0.188. The van der Waals surface area contributed by atoms with Gasteiger partial charge in [0.25, 0.3) is 0 Å². The first-order valence-electron chi connectivity index (χ1n) is 6.17. The van der Waals surface area contributed by atoms with Gasteiger partial charge < -0.3 is 4.74 Å². The minimum Gasteiger partial charge on any atom is -0.410 e. The van der Waals surface area contributed by atoms with Crippen LogP contribution in [0.1, 0.15) is 16.7 Å². The number of aryl methyl sites for hydroxylation is 3. The van der Waals surface area contributed by atoms with Crippen molar-refractivity contribution in [2.75, 3.05) is 5.32 Å². The topological polar surface area (TPSA) is 38.3 Å². The molecule has 3 heteroatoms. The van der Waals surface area contributed by atoms with E-state index >= 15 is 0 Å². The van der Waals surface area contributed by atoms with E-state index in [4.69, 9.17) is 4.74 Å². The van der Waals surface area contributed by atoms with Crippen molar-refractivity contribution in [1.82, 2.24) is 0 Å². The first-order valence-corrected chi connectivity index (χ1v) is 6.17. The monoisotopic (exact) mass is 255 g/mol. The predicted molar refractivity (Wildman–Crippen MR) is 76.7 cm³/mol. The Balaban J connectivity index is 2.03. The first kappa shape index (κ1) is 13.1. The summed E-state index contributed by atoms with van der Waals surface area (Å²) in [6.07, 6.45) is -0.478. The summed E-state index contributed by atoms with van der Waals surface area (Å²) in [5, 5.41) is 2.70. The van der Waals surface area contributed by atoms with Crippen LogP contribution in [0.5, 0.6) is 5.75 Å². The van der Waals surface area contributed by atoms with Crippen molar-refractivity contribution in [3.63, 3.8) is 0 Å². The Labute approximate surface area is 113 Å². The zero-order valence-corrected chi connectivity index (χ0v) is 11.4. The van der Waals surface area contributed by atoms with Gasteiger partial charge in [0.05, 0.1) is 0 Å². The Morgan fingerprint density at radius 2 is 1.79 bits per heavy atom. The van der Waals surface area contributed by atoms with Gasteiger partial charge in [-0.3, -0.25) is 5.32 Å². The van der Waals surface area contributed by atoms with Crippen LogP contribution in [-0.2, 0) is 0 Å². The molecule has 0 saturated carbocycles. The highest BCUT2D eigenvalue weighted by Crippen LogP contribution is 2.17. The second-order valence-corrected chi connectivity index (χ2v) is 4.63. The van der Waals surface area contributed by atoms with E-state index in [2.05, 4.69) is 5.32 Å². The molecule has 1 N–H and O–H groups in total. The molecule has 0 heterocycles. The lowest BCUT2D eigenvalue weighted by atomic mass is 10.1. The second-order valence-electron chi connectivity index (χ2n) is 4.63. The molecule has 2 aromatic rings. The van der Waals surface area contributed by atoms with Crippen LogP contribution in [-0.4, -0.2) is 6.09 Å². The van der Waals surface area contributed by atoms with Crippen molar-refractivity contribution < 1.29 is 9.53 Å². The van der Waals surface area contributed by atoms with Crippen LogP contribution in [0, 0.1) is 20.8 Å². The van der Waals surface area contributed by atoms with E-state index in [1.807, 2.05) is 57.2 Å². The smallest absolute Gasteiger partial charge is 0.410 e. The summed E-state index contributed by atoms with van der Waals surface area (Å²) in [6, 6.07) is 13.2. The molecule has 0 fully saturated rings. The highest BCUT2D eigenvalue weighted by molar-refractivity contribution is 5.86. The molecule has 1 amide bonds. The molecule has 0 saturated heterocycles. The standard InChI is InChI=1S/C16H17NO2/c1-11-5-4-6-14(9-11)17-16(18)19-15-8-7-12(2)13(3)10-15/h4-10H,1-3H3,(H,17,18). The van der Waals surface area contributed by atoms with Crippen molar-refractivity contribution >= 4 is 11.8 Å². The molecule has 0 spiro atoms. The van der Waals surface area contributed by atoms with Crippen LogP contribution >= 0.6 is 0 Å². The van der Waals surface area contributed by atoms with Crippen molar-refractivity contribution in [3.8, 4) is 5.75 Å². The molecule has 0 unspecified atom stereocenters. The number of ether oxygens (including phenoxy) is 1. The molecule has 0 radical (unpaired) electrons. The number of carbonyl (C=O) groups excluding carboxylic acids is 1. The van der Waals surface area contributed by atoms with Gasteiger partial charge in [0, 0.05) is 5.69 Å². The number of nitrogens with one attached hydrogen (secondary N) is 1. The van der Waals surface area contributed by atoms with E-state index < -0.39 is 6.09 Å². The third-order valence-electron chi connectivity index (χ3n) is 2.95. The molecule has 19 heavy (non-hydrogen) atoms. The molecule has 2 aromatic carbocycles. The van der Waals surface area contributed by atoms with Gasteiger partial charge in [-0.25, -0.2) is 4.79 Å². The number of hydrogen-bond acceptors (Lipinski definition) is 2. The van der Waals surface area contributed by atoms with E-state index in [0.29, 0.717) is 5.75 Å². The van der Waals surface area contributed by atoms with Gasteiger partial charge in [0.15, 0.2) is 0 Å². The number of amides is 1. The number of hydrogen-bond donors (Lipinski definition) is 1. The van der Waals surface area contributed by atoms with Gasteiger partial charge in [-0.2, -0.15) is 0 Å². The minimum absolute atomic E-state index is 0.478. The van der Waals surface area contributed by atoms with Crippen LogP contribution in [0.4, 0.5) is 10.5 Å². The molecular weight excluding hydrogens is 238 g/mol. The SMILES string of the molecule is Cc1cccc(NC(=O)Oc2ccc(C)c(C)c2)c1. The summed E-state index contributed by atoms with van der Waals surface area (Å²) in [6.45, 7) is 5.98. The van der Waals surface area contributed by atoms with Crippen LogP contribution < -0.4 is 10.1 Å². The second kappa shape index (κ2) is 5.57. The van der Waals surface area contributed by atoms with Gasteiger partial charge >= 0.3 is 6.09 Å². The maximum absolute atomic E-state index is 11.8. The van der Waals surface area contributed by atoms with Crippen molar-refractivity contribution in [3.05, 3.63) is 59.2 Å². The molecule has 2 rings (SSSR count). The van der Waals surface area contributed by atoms with E-state index in [1.54, 1.807) is 6.07 Å². The van der Waals surface area contributed by atoms with Crippen LogP contribution in [0.25, 0.3) is 0 Å². The van der Waals surface area contributed by atoms with Crippen molar-refractivity contribution in [1.29, 1.82) is 0 Å². The molecule has 0 aromatic heterocycles. The Morgan fingerprint density at radius 3 is 2.47 bits per heavy atom. The Morgan fingerprint density at radius 1 is 1.00 bits per heavy atom. The third kappa shape index (κ3) is 3.58. The highest BCUT2D eigenvalue weighted by atomic mass is 16.6. The largest absolute Gasteiger partial charge is 0.417 e. The van der Waals surface area contributed by atoms with Crippen molar-refractivity contribution in [2.24, 2.45) is 0 Å². The summed E-state index contributed by atoms with van der Waals surface area (Å²) in [7, 11) is 0. The summed E-state index contributed by atoms with van der Waals surface area (Å²) < 4.78 is 5.24. The fourth-order valence-electron chi connectivity index (χ4n) is 1.75. The highest BCUT2D eigenvalue weighted by Gasteiger charge is 2.06. The van der Waals surface area contributed by atoms with Gasteiger partial charge in [-0.05, 0) is 61.7 Å². The lowest BCUT2D eigenvalue weighted by Crippen LogP contribution is -2.16. The summed E-state index contributed by atoms with van der Waals surface area (Å²) in [5.41, 5.74) is 4.09. The lowest BCUT2D eigenvalue weighted by molar-refractivity contribution is 0.215. The molecule has 0 aliphatic rings. The Kier molecular flexibility index (Phi) is 3.85. The normalized spacial score (nSPS) is 10.1. The predicted octanol–water partition coefficient (Wildman–Crippen LogP) is 4.22. The molecule has 0 aliphatic heterocycles. The van der Waals surface area contributed by atoms with E-state index in [9.17, 15) is 4.79 Å². The van der Waals surface area contributed by atoms with Gasteiger partial charge in [0.1, 0.15) is 5.75 Å². The van der Waals surface area contributed by atoms with Crippen LogP contribution in [0.2, 0.25) is 0 Å². The fourth-order valence-corrected chi connectivity index (χ4v) is 1.75. The Hall–Kier alpha value is -2.29. The van der Waals surface area contributed by atoms with Gasteiger partial charge in [-0.15, -0.1) is 0 Å². The average Bonchev–Trinajstić information content (AvgIpc) is 2.34. The molecule has 3 nitrogen and oxygen atoms in total. The van der Waals surface area contributed by atoms with Gasteiger partial charge in [-0.1, -0.05) is 18.2 Å². The zero-order chi connectivity index (χ0) is 13.8. The number of benzene rings is 2. The molecular formula is C16H17NO2. The van der Waals surface area contributed by atoms with E-state index in [-0.39, 0.29) is 0 Å². The molecule has 98 valence electrons. The minimum atomic E-state index is -0.478. The van der Waals surface area contributed by atoms with E-state index in [1.165, 1.54) is 5.56 Å². The van der Waals surface area contributed by atoms with Crippen LogP contribution in [0.3, 0.4) is 0 Å². The third-order valence-corrected chi connectivity index (χ3v) is 2.95. The lowest BCUT2D eigenvalue weighted by Gasteiger charge is -2.08. The van der Waals surface area contributed by atoms with Crippen molar-refractivity contribution in [2.45, 2.75) is 20.8 Å². The van der Waals surface area contributed by atoms with Crippen LogP contribution in [0.15, 0.2) is 42.5 Å². The van der Waals surface area contributed by atoms with E-state index in [0.717, 1.165) is 16.8 Å². The number of rotatable bonds is 2. The maximum Gasteiger partial charge on any atom is 0.417 e. The summed E-state index contributed by atoms with van der Waals surface area (Å²) in [5.74, 6) is 0.549. The maximum atomic E-state index is 11.8. The quantitative estimate of drug-likeness (QED) is 0.872. The van der Waals surface area contributed by atoms with Gasteiger partial charge in [0.2, 0.25) is 0 Å². The molecule has 0 bridgehead atoms. The molecule has 0 atom stereocenters. The summed E-state index contributed by atoms with van der Waals surface area (Å²) in [4.78, 5) is 11.8.